The van der Waals surface area contributed by atoms with Gasteiger partial charge in [0.25, 0.3) is 0 Å². The number of ether oxygens (including phenoxy) is 1. The maximum Gasteiger partial charge on any atom is 0.243 e. The van der Waals surface area contributed by atoms with Crippen LogP contribution in [0.1, 0.15) is 11.5 Å². The summed E-state index contributed by atoms with van der Waals surface area (Å²) < 4.78 is 37.5. The summed E-state index contributed by atoms with van der Waals surface area (Å²) in [5.74, 6) is 0.510. The highest BCUT2D eigenvalue weighted by atomic mass is 32.2. The van der Waals surface area contributed by atoms with Gasteiger partial charge >= 0.3 is 0 Å². The molecule has 0 spiro atoms. The van der Waals surface area contributed by atoms with E-state index in [4.69, 9.17) is 9.15 Å². The second-order valence-corrected chi connectivity index (χ2v) is 7.88. The summed E-state index contributed by atoms with van der Waals surface area (Å²) in [4.78, 5) is 4.67. The molecule has 1 saturated heterocycles. The lowest BCUT2D eigenvalue weighted by Gasteiger charge is -2.26. The van der Waals surface area contributed by atoms with E-state index >= 15 is 0 Å². The first kappa shape index (κ1) is 17.0. The predicted octanol–water partition coefficient (Wildman–Crippen LogP) is 3.02. The molecule has 26 heavy (non-hydrogen) atoms. The van der Waals surface area contributed by atoms with E-state index in [0.29, 0.717) is 37.1 Å². The zero-order valence-electron chi connectivity index (χ0n) is 14.0. The Kier molecular flexibility index (Phi) is 4.58. The van der Waals surface area contributed by atoms with Gasteiger partial charge < -0.3 is 9.15 Å². The molecular formula is C19H18N2O4S. The Bertz CT molecular complexity index is 1000. The number of hydrogen-bond donors (Lipinski definition) is 0. The van der Waals surface area contributed by atoms with Crippen LogP contribution in [-0.4, -0.2) is 44.0 Å². The maximum atomic E-state index is 12.6. The van der Waals surface area contributed by atoms with Crippen molar-refractivity contribution in [2.75, 3.05) is 26.3 Å². The Morgan fingerprint density at radius 3 is 2.42 bits per heavy atom. The van der Waals surface area contributed by atoms with Crippen molar-refractivity contribution >= 4 is 33.3 Å². The van der Waals surface area contributed by atoms with Crippen LogP contribution in [0.25, 0.3) is 23.3 Å². The Morgan fingerprint density at radius 2 is 1.69 bits per heavy atom. The van der Waals surface area contributed by atoms with Crippen molar-refractivity contribution in [1.82, 2.24) is 9.29 Å². The van der Waals surface area contributed by atoms with Crippen LogP contribution >= 0.6 is 0 Å². The van der Waals surface area contributed by atoms with Gasteiger partial charge in [-0.1, -0.05) is 24.3 Å². The molecule has 7 heteroatoms. The van der Waals surface area contributed by atoms with Crippen molar-refractivity contribution in [1.29, 1.82) is 0 Å². The van der Waals surface area contributed by atoms with Crippen molar-refractivity contribution in [3.63, 3.8) is 0 Å². The van der Waals surface area contributed by atoms with Crippen molar-refractivity contribution in [2.24, 2.45) is 0 Å². The van der Waals surface area contributed by atoms with Crippen LogP contribution in [0.2, 0.25) is 0 Å². The molecule has 0 amide bonds. The van der Waals surface area contributed by atoms with E-state index in [1.807, 2.05) is 30.3 Å². The van der Waals surface area contributed by atoms with E-state index in [2.05, 4.69) is 4.98 Å². The summed E-state index contributed by atoms with van der Waals surface area (Å²) in [6, 6.07) is 14.3. The lowest BCUT2D eigenvalue weighted by molar-refractivity contribution is 0.0730. The maximum absolute atomic E-state index is 12.6. The third-order valence-corrected chi connectivity index (χ3v) is 6.13. The van der Waals surface area contributed by atoms with E-state index in [0.717, 1.165) is 16.7 Å². The van der Waals surface area contributed by atoms with Crippen molar-refractivity contribution in [3.8, 4) is 0 Å². The molecule has 0 radical (unpaired) electrons. The van der Waals surface area contributed by atoms with Gasteiger partial charge in [-0.25, -0.2) is 13.4 Å². The summed E-state index contributed by atoms with van der Waals surface area (Å²) in [5, 5.41) is 0. The van der Waals surface area contributed by atoms with E-state index in [1.54, 1.807) is 30.3 Å². The van der Waals surface area contributed by atoms with E-state index in [9.17, 15) is 8.42 Å². The molecule has 0 saturated carbocycles. The normalized spacial score (nSPS) is 16.5. The highest BCUT2D eigenvalue weighted by molar-refractivity contribution is 7.89. The molecule has 1 aliphatic rings. The van der Waals surface area contributed by atoms with Gasteiger partial charge in [-0.2, -0.15) is 4.31 Å². The van der Waals surface area contributed by atoms with Crippen molar-refractivity contribution in [2.45, 2.75) is 4.90 Å². The standard InChI is InChI=1S/C19H18N2O4S/c22-26(23,21-11-13-24-14-12-21)16-8-5-15(6-9-16)7-10-19-20-17-3-1-2-4-18(17)25-19/h1-10H,11-14H2/b10-7-. The molecule has 1 fully saturated rings. The summed E-state index contributed by atoms with van der Waals surface area (Å²) in [5.41, 5.74) is 2.41. The van der Waals surface area contributed by atoms with Crippen LogP contribution in [0.15, 0.2) is 57.8 Å². The average molecular weight is 370 g/mol. The molecule has 0 N–H and O–H groups in total. The van der Waals surface area contributed by atoms with Gasteiger partial charge in [0, 0.05) is 19.2 Å². The number of rotatable bonds is 4. The number of nitrogens with zero attached hydrogens (tertiary/aromatic N) is 2. The third kappa shape index (κ3) is 3.41. The number of oxazole rings is 1. The molecule has 1 aliphatic heterocycles. The molecule has 0 aliphatic carbocycles. The average Bonchev–Trinajstić information content (AvgIpc) is 3.10. The van der Waals surface area contributed by atoms with Crippen molar-refractivity contribution < 1.29 is 17.6 Å². The second-order valence-electron chi connectivity index (χ2n) is 5.94. The van der Waals surface area contributed by atoms with Crippen LogP contribution < -0.4 is 0 Å². The molecule has 2 aromatic carbocycles. The molecule has 1 aromatic heterocycles. The number of fused-ring (bicyclic) bond motifs is 1. The van der Waals surface area contributed by atoms with Gasteiger partial charge in [0.1, 0.15) is 5.52 Å². The number of hydrogen-bond acceptors (Lipinski definition) is 5. The van der Waals surface area contributed by atoms with Crippen LogP contribution in [0, 0.1) is 0 Å². The zero-order valence-corrected chi connectivity index (χ0v) is 14.9. The smallest absolute Gasteiger partial charge is 0.243 e. The van der Waals surface area contributed by atoms with Gasteiger partial charge in [-0.3, -0.25) is 0 Å². The molecule has 2 heterocycles. The number of aromatic nitrogens is 1. The molecule has 4 rings (SSSR count). The fraction of sp³-hybridized carbons (Fsp3) is 0.211. The minimum atomic E-state index is -3.46. The van der Waals surface area contributed by atoms with Gasteiger partial charge in [0.05, 0.1) is 18.1 Å². The Morgan fingerprint density at radius 1 is 0.962 bits per heavy atom. The molecule has 134 valence electrons. The highest BCUT2D eigenvalue weighted by Crippen LogP contribution is 2.20. The number of para-hydroxylation sites is 2. The molecule has 0 atom stereocenters. The highest BCUT2D eigenvalue weighted by Gasteiger charge is 2.25. The van der Waals surface area contributed by atoms with Crippen molar-refractivity contribution in [3.05, 3.63) is 60.0 Å². The second kappa shape index (κ2) is 7.03. The summed E-state index contributed by atoms with van der Waals surface area (Å²) >= 11 is 0. The van der Waals surface area contributed by atoms with Gasteiger partial charge in [-0.15, -0.1) is 0 Å². The summed E-state index contributed by atoms with van der Waals surface area (Å²) in [6.45, 7) is 1.65. The van der Waals surface area contributed by atoms with E-state index < -0.39 is 10.0 Å². The summed E-state index contributed by atoms with van der Waals surface area (Å²) in [7, 11) is -3.46. The van der Waals surface area contributed by atoms with E-state index in [1.165, 1.54) is 4.31 Å². The lowest BCUT2D eigenvalue weighted by Crippen LogP contribution is -2.40. The Balaban J connectivity index is 1.52. The number of morpholine rings is 1. The Labute approximate surface area is 151 Å². The Hall–Kier alpha value is -2.48. The van der Waals surface area contributed by atoms with Gasteiger partial charge in [0.2, 0.25) is 15.9 Å². The number of sulfonamides is 1. The van der Waals surface area contributed by atoms with Gasteiger partial charge in [0.15, 0.2) is 5.58 Å². The van der Waals surface area contributed by atoms with Crippen LogP contribution in [0.5, 0.6) is 0 Å². The minimum Gasteiger partial charge on any atom is -0.437 e. The fourth-order valence-corrected chi connectivity index (χ4v) is 4.22. The largest absolute Gasteiger partial charge is 0.437 e. The third-order valence-electron chi connectivity index (χ3n) is 4.22. The minimum absolute atomic E-state index is 0.290. The number of benzene rings is 2. The zero-order chi connectivity index (χ0) is 18.0. The monoisotopic (exact) mass is 370 g/mol. The first-order chi connectivity index (χ1) is 12.6. The molecule has 6 nitrogen and oxygen atoms in total. The van der Waals surface area contributed by atoms with Crippen LogP contribution in [0.4, 0.5) is 0 Å². The van der Waals surface area contributed by atoms with Gasteiger partial charge in [-0.05, 0) is 35.9 Å². The first-order valence-electron chi connectivity index (χ1n) is 8.34. The molecule has 3 aromatic rings. The molecule has 0 unspecified atom stereocenters. The fourth-order valence-electron chi connectivity index (χ4n) is 2.82. The van der Waals surface area contributed by atoms with Crippen LogP contribution in [0.3, 0.4) is 0 Å². The quantitative estimate of drug-likeness (QED) is 0.706. The summed E-state index contributed by atoms with van der Waals surface area (Å²) in [6.07, 6.45) is 3.61. The first-order valence-corrected chi connectivity index (χ1v) is 9.78. The topological polar surface area (TPSA) is 72.6 Å². The molecule has 0 bridgehead atoms. The lowest BCUT2D eigenvalue weighted by atomic mass is 10.2. The molecular weight excluding hydrogens is 352 g/mol. The SMILES string of the molecule is O=S(=O)(c1ccc(/C=C\c2nc3ccccc3o2)cc1)N1CCOCC1. The van der Waals surface area contributed by atoms with E-state index in [-0.39, 0.29) is 0 Å². The van der Waals surface area contributed by atoms with Crippen LogP contribution in [-0.2, 0) is 14.8 Å². The predicted molar refractivity (Wildman–Crippen MR) is 99.0 cm³/mol.